The average Bonchev–Trinajstić information content (AvgIpc) is 2.81. The van der Waals surface area contributed by atoms with E-state index in [1.807, 2.05) is 24.3 Å². The molecule has 0 N–H and O–H groups in total. The Hall–Kier alpha value is -1.11. The maximum atomic E-state index is 6.57. The topological polar surface area (TPSA) is 46.5 Å². The molecule has 2 aliphatic rings. The van der Waals surface area contributed by atoms with Gasteiger partial charge in [-0.3, -0.25) is 0 Å². The van der Waals surface area contributed by atoms with Gasteiger partial charge in [-0.2, -0.15) is 0 Å². The predicted molar refractivity (Wildman–Crippen MR) is 123 cm³/mol. The van der Waals surface area contributed by atoms with Crippen LogP contribution in [0, 0.1) is 0 Å². The molecule has 0 aromatic heterocycles. The highest BCUT2D eigenvalue weighted by atomic mass is 35.5. The summed E-state index contributed by atoms with van der Waals surface area (Å²) >= 11 is 12.9. The molecule has 0 bridgehead atoms. The number of rotatable bonds is 5. The zero-order valence-corrected chi connectivity index (χ0v) is 19.4. The van der Waals surface area contributed by atoms with E-state index in [0.717, 1.165) is 37.2 Å². The number of halogens is 2. The molecule has 2 saturated heterocycles. The van der Waals surface area contributed by atoms with Crippen LogP contribution in [-0.4, -0.2) is 69.1 Å². The smallest absolute Gasteiger partial charge is 0.133 e. The summed E-state index contributed by atoms with van der Waals surface area (Å²) in [7, 11) is -0.687. The average molecular weight is 470 g/mol. The van der Waals surface area contributed by atoms with Gasteiger partial charge in [-0.1, -0.05) is 23.2 Å². The van der Waals surface area contributed by atoms with Crippen molar-refractivity contribution in [2.45, 2.75) is 0 Å². The standard InChI is InChI=1S/C21H26Cl2N3O3P/c1-27-18-3-5-19(6-4-18)30(25-8-12-28-13-9-25,26-10-14-29-15-11-26)24-21-16-17(22)2-7-20(21)23/h2-7,16H,8-15H2,1H3. The van der Waals surface area contributed by atoms with Crippen molar-refractivity contribution in [3.63, 3.8) is 0 Å². The summed E-state index contributed by atoms with van der Waals surface area (Å²) < 4.78 is 27.1. The van der Waals surface area contributed by atoms with E-state index < -0.39 is 7.36 Å². The van der Waals surface area contributed by atoms with Crippen LogP contribution in [0.25, 0.3) is 0 Å². The lowest BCUT2D eigenvalue weighted by Gasteiger charge is -2.46. The molecule has 30 heavy (non-hydrogen) atoms. The van der Waals surface area contributed by atoms with Crippen LogP contribution in [0.3, 0.4) is 0 Å². The van der Waals surface area contributed by atoms with E-state index in [2.05, 4.69) is 21.5 Å². The molecule has 0 spiro atoms. The summed E-state index contributed by atoms with van der Waals surface area (Å²) in [5.74, 6) is 0.821. The molecular weight excluding hydrogens is 444 g/mol. The van der Waals surface area contributed by atoms with Crippen LogP contribution >= 0.6 is 30.6 Å². The van der Waals surface area contributed by atoms with Gasteiger partial charge < -0.3 is 14.2 Å². The van der Waals surface area contributed by atoms with Crippen LogP contribution < -0.4 is 10.0 Å². The summed E-state index contributed by atoms with van der Waals surface area (Å²) in [6, 6.07) is 13.7. The number of morpholine rings is 2. The van der Waals surface area contributed by atoms with Crippen molar-refractivity contribution < 1.29 is 14.2 Å². The van der Waals surface area contributed by atoms with Crippen LogP contribution in [0.4, 0.5) is 5.69 Å². The quantitative estimate of drug-likeness (QED) is 0.596. The maximum Gasteiger partial charge on any atom is 0.133 e. The van der Waals surface area contributed by atoms with Gasteiger partial charge in [0.1, 0.15) is 13.1 Å². The number of methoxy groups -OCH3 is 1. The van der Waals surface area contributed by atoms with Crippen LogP contribution in [-0.2, 0) is 9.47 Å². The van der Waals surface area contributed by atoms with Crippen molar-refractivity contribution in [2.24, 2.45) is 4.74 Å². The monoisotopic (exact) mass is 469 g/mol. The summed E-state index contributed by atoms with van der Waals surface area (Å²) in [4.78, 5) is 0. The van der Waals surface area contributed by atoms with Gasteiger partial charge in [-0.15, -0.1) is 0 Å². The molecule has 2 aromatic rings. The molecule has 0 aliphatic carbocycles. The first-order valence-corrected chi connectivity index (χ1v) is 12.4. The Balaban J connectivity index is 1.96. The summed E-state index contributed by atoms with van der Waals surface area (Å²) in [6.45, 7) is 5.94. The van der Waals surface area contributed by atoms with E-state index in [1.54, 1.807) is 13.2 Å². The van der Waals surface area contributed by atoms with E-state index in [4.69, 9.17) is 42.2 Å². The molecule has 2 aromatic carbocycles. The van der Waals surface area contributed by atoms with Gasteiger partial charge in [0.15, 0.2) is 0 Å². The van der Waals surface area contributed by atoms with Crippen molar-refractivity contribution in [1.82, 2.24) is 9.34 Å². The van der Waals surface area contributed by atoms with Crippen molar-refractivity contribution in [3.05, 3.63) is 52.5 Å². The molecular formula is C21H26Cl2N3O3P. The van der Waals surface area contributed by atoms with E-state index in [0.29, 0.717) is 42.2 Å². The summed E-state index contributed by atoms with van der Waals surface area (Å²) in [5.41, 5.74) is 0.714. The second kappa shape index (κ2) is 10.0. The highest BCUT2D eigenvalue weighted by Gasteiger charge is 2.38. The molecule has 0 radical (unpaired) electrons. The van der Waals surface area contributed by atoms with E-state index >= 15 is 0 Å². The Kier molecular flexibility index (Phi) is 7.37. The second-order valence-corrected chi connectivity index (χ2v) is 10.9. The van der Waals surface area contributed by atoms with Gasteiger partial charge in [-0.05, 0) is 42.5 Å². The second-order valence-electron chi connectivity index (χ2n) is 7.09. The fraction of sp³-hybridized carbons (Fsp3) is 0.429. The zero-order valence-electron chi connectivity index (χ0n) is 17.0. The number of nitrogens with zero attached hydrogens (tertiary/aromatic N) is 3. The maximum absolute atomic E-state index is 6.57. The molecule has 0 amide bonds. The lowest BCUT2D eigenvalue weighted by atomic mass is 10.3. The van der Waals surface area contributed by atoms with E-state index in [1.165, 1.54) is 0 Å². The first-order valence-electron chi connectivity index (χ1n) is 10.0. The molecule has 2 aliphatic heterocycles. The van der Waals surface area contributed by atoms with Crippen molar-refractivity contribution >= 4 is 41.5 Å². The largest absolute Gasteiger partial charge is 0.497 e. The van der Waals surface area contributed by atoms with Gasteiger partial charge >= 0.3 is 0 Å². The highest BCUT2D eigenvalue weighted by molar-refractivity contribution is 7.69. The molecule has 0 saturated carbocycles. The first-order chi connectivity index (χ1) is 14.6. The molecule has 0 atom stereocenters. The Morgan fingerprint density at radius 2 is 1.43 bits per heavy atom. The van der Waals surface area contributed by atoms with Gasteiger partial charge in [0.2, 0.25) is 0 Å². The number of hydrogen-bond donors (Lipinski definition) is 0. The molecule has 162 valence electrons. The number of ether oxygens (including phenoxy) is 3. The third-order valence-corrected chi connectivity index (χ3v) is 9.76. The fourth-order valence-electron chi connectivity index (χ4n) is 3.85. The normalized spacial score (nSPS) is 18.9. The Morgan fingerprint density at radius 1 is 0.867 bits per heavy atom. The fourth-order valence-corrected chi connectivity index (χ4v) is 8.07. The first kappa shape index (κ1) is 22.1. The van der Waals surface area contributed by atoms with Crippen molar-refractivity contribution in [2.75, 3.05) is 59.7 Å². The minimum absolute atomic E-state index is 0.596. The molecule has 9 heteroatoms. The van der Waals surface area contributed by atoms with Crippen molar-refractivity contribution in [3.8, 4) is 5.75 Å². The van der Waals surface area contributed by atoms with E-state index in [-0.39, 0.29) is 0 Å². The minimum atomic E-state index is -2.37. The summed E-state index contributed by atoms with van der Waals surface area (Å²) in [5, 5.41) is 2.37. The van der Waals surface area contributed by atoms with Crippen molar-refractivity contribution in [1.29, 1.82) is 0 Å². The zero-order chi connectivity index (χ0) is 21.0. The van der Waals surface area contributed by atoms with Crippen LogP contribution in [0.5, 0.6) is 5.75 Å². The Bertz CT molecular complexity index is 892. The van der Waals surface area contributed by atoms with Gasteiger partial charge in [0, 0.05) is 36.5 Å². The molecule has 2 heterocycles. The number of hydrogen-bond acceptors (Lipinski definition) is 4. The number of benzene rings is 2. The van der Waals surface area contributed by atoms with Crippen LogP contribution in [0.15, 0.2) is 47.2 Å². The molecule has 6 nitrogen and oxygen atoms in total. The molecule has 4 rings (SSSR count). The predicted octanol–water partition coefficient (Wildman–Crippen LogP) is 4.65. The highest BCUT2D eigenvalue weighted by Crippen LogP contribution is 2.58. The van der Waals surface area contributed by atoms with E-state index in [9.17, 15) is 0 Å². The lowest BCUT2D eigenvalue weighted by Crippen LogP contribution is -2.46. The van der Waals surface area contributed by atoms with Crippen LogP contribution in [0.1, 0.15) is 0 Å². The van der Waals surface area contributed by atoms with Crippen LogP contribution in [0.2, 0.25) is 10.0 Å². The minimum Gasteiger partial charge on any atom is -0.497 e. The van der Waals surface area contributed by atoms with Gasteiger partial charge in [-0.25, -0.2) is 14.1 Å². The third-order valence-electron chi connectivity index (χ3n) is 5.34. The lowest BCUT2D eigenvalue weighted by molar-refractivity contribution is 0.0579. The Morgan fingerprint density at radius 3 is 1.97 bits per heavy atom. The SMILES string of the molecule is COc1ccc(P(=Nc2cc(Cl)ccc2Cl)(N2CCOCC2)N2CCOCC2)cc1. The Labute approximate surface area is 187 Å². The summed E-state index contributed by atoms with van der Waals surface area (Å²) in [6.07, 6.45) is 0. The van der Waals surface area contributed by atoms with Gasteiger partial charge in [0.25, 0.3) is 0 Å². The third kappa shape index (κ3) is 4.56. The van der Waals surface area contributed by atoms with Gasteiger partial charge in [0.05, 0.1) is 44.2 Å². The molecule has 2 fully saturated rings. The molecule has 0 unspecified atom stereocenters.